The van der Waals surface area contributed by atoms with Crippen molar-refractivity contribution in [3.63, 3.8) is 0 Å². The van der Waals surface area contributed by atoms with Crippen LogP contribution in [0, 0.1) is 9.81 Å². The van der Waals surface area contributed by atoms with Crippen LogP contribution in [0.2, 0.25) is 0 Å². The first-order valence-corrected chi connectivity index (χ1v) is 9.37. The minimum absolute atomic E-state index is 0.155. The van der Waals surface area contributed by atoms with Crippen molar-refractivity contribution in [1.29, 1.82) is 0 Å². The van der Waals surface area contributed by atoms with Crippen LogP contribution >= 0.6 is 21.6 Å². The fourth-order valence-corrected chi connectivity index (χ4v) is 3.45. The van der Waals surface area contributed by atoms with Gasteiger partial charge in [0.15, 0.2) is 11.5 Å². The van der Waals surface area contributed by atoms with E-state index >= 15 is 0 Å². The van der Waals surface area contributed by atoms with Crippen molar-refractivity contribution in [2.24, 2.45) is 15.5 Å². The fraction of sp³-hybridized carbons (Fsp3) is 0.818. The molecule has 0 aromatic carbocycles. The van der Waals surface area contributed by atoms with Crippen LogP contribution < -0.4 is 5.32 Å². The number of hydrogen-bond donors (Lipinski definition) is 1. The Balaban J connectivity index is 1.99. The molecule has 1 rings (SSSR count). The largest absolute Gasteiger partial charge is 0.448 e. The third-order valence-electron chi connectivity index (χ3n) is 2.79. The summed E-state index contributed by atoms with van der Waals surface area (Å²) in [5, 5.41) is 7.88. The molecule has 0 aromatic heterocycles. The summed E-state index contributed by atoms with van der Waals surface area (Å²) in [5.74, 6) is 2.06. The third-order valence-corrected chi connectivity index (χ3v) is 5.17. The van der Waals surface area contributed by atoms with Crippen LogP contribution in [0.1, 0.15) is 6.92 Å². The number of amides is 1. The Morgan fingerprint density at radius 2 is 2.17 bits per heavy atom. The summed E-state index contributed by atoms with van der Waals surface area (Å²) in [7, 11) is 3.07. The Morgan fingerprint density at radius 1 is 1.39 bits per heavy atom. The molecule has 1 aliphatic rings. The van der Waals surface area contributed by atoms with Crippen molar-refractivity contribution >= 4 is 33.5 Å². The smallest absolute Gasteiger partial charge is 0.407 e. The fourth-order valence-electron chi connectivity index (χ4n) is 1.73. The highest BCUT2D eigenvalue weighted by Crippen LogP contribution is 2.19. The average molecular weight is 365 g/mol. The first kappa shape index (κ1) is 19.5. The van der Waals surface area contributed by atoms with E-state index in [-0.39, 0.29) is 13.2 Å². The Labute approximate surface area is 141 Å². The Kier molecular flexibility index (Phi) is 10.1. The molecule has 1 heterocycles. The van der Waals surface area contributed by atoms with E-state index in [1.165, 1.54) is 10.8 Å². The number of ether oxygens (including phenoxy) is 1. The van der Waals surface area contributed by atoms with Crippen LogP contribution in [0.5, 0.6) is 0 Å². The molecule has 1 aliphatic heterocycles. The summed E-state index contributed by atoms with van der Waals surface area (Å²) in [6.07, 6.45) is -1.01. The second kappa shape index (κ2) is 11.9. The molecular formula is C11H19N5O5S2. The van der Waals surface area contributed by atoms with Crippen molar-refractivity contribution < 1.29 is 14.4 Å². The van der Waals surface area contributed by atoms with E-state index in [4.69, 9.17) is 4.74 Å². The van der Waals surface area contributed by atoms with E-state index in [0.717, 1.165) is 5.84 Å². The van der Waals surface area contributed by atoms with Crippen molar-refractivity contribution in [1.82, 2.24) is 10.2 Å². The Morgan fingerprint density at radius 3 is 2.91 bits per heavy atom. The van der Waals surface area contributed by atoms with Gasteiger partial charge in [-0.3, -0.25) is 4.99 Å². The molecule has 130 valence electrons. The molecule has 0 fully saturated rings. The molecule has 1 N–H and O–H groups in total. The number of amidine groups is 1. The molecule has 23 heavy (non-hydrogen) atoms. The molecule has 0 bridgehead atoms. The van der Waals surface area contributed by atoms with E-state index in [1.807, 2.05) is 0 Å². The van der Waals surface area contributed by atoms with Crippen molar-refractivity contribution in [3.8, 4) is 0 Å². The first-order valence-electron chi connectivity index (χ1n) is 6.89. The summed E-state index contributed by atoms with van der Waals surface area (Å²) in [4.78, 5) is 41.9. The quantitative estimate of drug-likeness (QED) is 0.240. The van der Waals surface area contributed by atoms with Gasteiger partial charge in [0, 0.05) is 18.1 Å². The van der Waals surface area contributed by atoms with Gasteiger partial charge in [-0.2, -0.15) is 0 Å². The lowest BCUT2D eigenvalue weighted by Crippen LogP contribution is -2.37. The number of nitroso groups, excluding NO2 is 1. The van der Waals surface area contributed by atoms with E-state index in [9.17, 15) is 14.6 Å². The molecule has 0 spiro atoms. The lowest BCUT2D eigenvalue weighted by Gasteiger charge is -2.21. The summed E-state index contributed by atoms with van der Waals surface area (Å²) in [6, 6.07) is 0. The summed E-state index contributed by atoms with van der Waals surface area (Å²) in [6.45, 7) is 3.41. The number of alkyl carbamates (subject to hydrolysis) is 1. The van der Waals surface area contributed by atoms with E-state index in [2.05, 4.69) is 25.7 Å². The van der Waals surface area contributed by atoms with Gasteiger partial charge in [0.25, 0.3) is 0 Å². The predicted molar refractivity (Wildman–Crippen MR) is 90.3 cm³/mol. The number of rotatable bonds is 12. The number of carbonyl (C=O) groups is 1. The molecule has 0 radical (unpaired) electrons. The molecule has 1 unspecified atom stereocenters. The molecule has 0 aliphatic carbocycles. The molecule has 10 nitrogen and oxygen atoms in total. The number of carbonyl (C=O) groups excluding carboxylic acids is 1. The van der Waals surface area contributed by atoms with Crippen LogP contribution in [0.4, 0.5) is 4.79 Å². The zero-order valence-corrected chi connectivity index (χ0v) is 14.3. The Hall–Kier alpha value is -1.56. The Bertz CT molecular complexity index is 426. The van der Waals surface area contributed by atoms with E-state index in [0.29, 0.717) is 31.1 Å². The highest BCUT2D eigenvalue weighted by atomic mass is 33.1. The number of nitrogens with one attached hydrogen (secondary N) is 1. The predicted octanol–water partition coefficient (Wildman–Crippen LogP) is 1.62. The monoisotopic (exact) mass is 365 g/mol. The van der Waals surface area contributed by atoms with Gasteiger partial charge in [-0.25, -0.2) is 4.79 Å². The normalized spacial score (nSPS) is 16.7. The second-order valence-electron chi connectivity index (χ2n) is 4.28. The van der Waals surface area contributed by atoms with Gasteiger partial charge in [-0.15, -0.1) is 9.81 Å². The zero-order valence-electron chi connectivity index (χ0n) is 12.7. The molecule has 0 aromatic rings. The summed E-state index contributed by atoms with van der Waals surface area (Å²) in [5.41, 5.74) is 0. The molecule has 12 heteroatoms. The first-order chi connectivity index (χ1) is 11.2. The van der Waals surface area contributed by atoms with Crippen molar-refractivity contribution in [3.05, 3.63) is 9.81 Å². The minimum Gasteiger partial charge on any atom is -0.448 e. The van der Waals surface area contributed by atoms with Gasteiger partial charge in [-0.05, 0) is 12.1 Å². The lowest BCUT2D eigenvalue weighted by atomic mass is 10.4. The second-order valence-corrected chi connectivity index (χ2v) is 6.98. The van der Waals surface area contributed by atoms with E-state index in [1.54, 1.807) is 22.6 Å². The highest BCUT2D eigenvalue weighted by Gasteiger charge is 2.25. The molecule has 1 amide bonds. The van der Waals surface area contributed by atoms with Crippen LogP contribution in [-0.4, -0.2) is 67.3 Å². The van der Waals surface area contributed by atoms with Crippen LogP contribution in [0.15, 0.2) is 15.5 Å². The number of hydrogen-bond acceptors (Lipinski definition) is 11. The summed E-state index contributed by atoms with van der Waals surface area (Å²) < 4.78 is 5.03. The molecule has 1 atom stereocenters. The average Bonchev–Trinajstić information content (AvgIpc) is 2.90. The van der Waals surface area contributed by atoms with Crippen LogP contribution in [0.3, 0.4) is 0 Å². The maximum Gasteiger partial charge on any atom is 0.407 e. The van der Waals surface area contributed by atoms with Gasteiger partial charge in [0.05, 0.1) is 18.9 Å². The van der Waals surface area contributed by atoms with Gasteiger partial charge in [0.2, 0.25) is 0 Å². The maximum atomic E-state index is 11.5. The maximum absolute atomic E-state index is 11.5. The van der Waals surface area contributed by atoms with Crippen molar-refractivity contribution in [2.45, 2.75) is 13.1 Å². The number of nitrogens with zero attached hydrogens (tertiary/aromatic N) is 4. The molecule has 0 saturated heterocycles. The SMILES string of the molecule is CC1=NCC(N=O)N1CCOC(=O)NCCSSCCON=O. The topological polar surface area (TPSA) is 122 Å². The van der Waals surface area contributed by atoms with Gasteiger partial charge < -0.3 is 19.8 Å². The number of aliphatic imine (C=N–C) groups is 1. The minimum atomic E-state index is -0.506. The van der Waals surface area contributed by atoms with Gasteiger partial charge in [-0.1, -0.05) is 21.6 Å². The molecular weight excluding hydrogens is 346 g/mol. The van der Waals surface area contributed by atoms with Crippen LogP contribution in [-0.2, 0) is 9.57 Å². The molecule has 0 saturated carbocycles. The van der Waals surface area contributed by atoms with Crippen molar-refractivity contribution in [2.75, 3.05) is 44.4 Å². The standard InChI is InChI=1S/C11H19N5O5S2/c1-9-13-8-10(14-18)16(9)3-4-20-11(17)12-2-6-22-23-7-5-21-15-19/h10H,2-8H2,1H3,(H,12,17). The lowest BCUT2D eigenvalue weighted by molar-refractivity contribution is 0.136. The van der Waals surface area contributed by atoms with E-state index < -0.39 is 12.3 Å². The summed E-state index contributed by atoms with van der Waals surface area (Å²) >= 11 is 0. The van der Waals surface area contributed by atoms with Gasteiger partial charge in [0.1, 0.15) is 13.2 Å². The zero-order chi connectivity index (χ0) is 16.9. The van der Waals surface area contributed by atoms with Gasteiger partial charge >= 0.3 is 6.09 Å². The third kappa shape index (κ3) is 8.02. The highest BCUT2D eigenvalue weighted by molar-refractivity contribution is 8.76. The van der Waals surface area contributed by atoms with Crippen LogP contribution in [0.25, 0.3) is 0 Å².